The third-order valence-electron chi connectivity index (χ3n) is 5.19. The quantitative estimate of drug-likeness (QED) is 0.451. The summed E-state index contributed by atoms with van der Waals surface area (Å²) in [6.07, 6.45) is 3.90. The van der Waals surface area contributed by atoms with Crippen molar-refractivity contribution in [3.8, 4) is 11.3 Å². The number of aromatic nitrogens is 3. The number of pyridine rings is 1. The lowest BCUT2D eigenvalue weighted by atomic mass is 10.0. The minimum absolute atomic E-state index is 0.206. The molecule has 3 aromatic heterocycles. The van der Waals surface area contributed by atoms with Crippen molar-refractivity contribution in [2.24, 2.45) is 5.73 Å². The lowest BCUT2D eigenvalue weighted by molar-refractivity contribution is 0.0994. The van der Waals surface area contributed by atoms with Crippen LogP contribution in [-0.2, 0) is 0 Å². The minimum Gasteiger partial charge on any atom is -0.364 e. The molecule has 5 rings (SSSR count). The summed E-state index contributed by atoms with van der Waals surface area (Å²) in [7, 11) is 0. The number of anilines is 1. The van der Waals surface area contributed by atoms with E-state index < -0.39 is 5.91 Å². The molecule has 1 aliphatic carbocycles. The van der Waals surface area contributed by atoms with Gasteiger partial charge in [-0.3, -0.25) is 19.9 Å². The standard InChI is InChI=1S/C22H19N5O2S/c1-11-2-5-16-14(6-11)15(8-17(25-16)12-3-4-12)21(29)27-22-26-19(10-30-22)13-7-18(20(23)28)24-9-13/h2,5-10,12,24H,3-4H2,1H3,(H2,23,28)(H,26,27,29). The Hall–Kier alpha value is -3.52. The largest absolute Gasteiger partial charge is 0.364 e. The zero-order valence-electron chi connectivity index (χ0n) is 16.2. The van der Waals surface area contributed by atoms with Crippen molar-refractivity contribution >= 4 is 39.2 Å². The van der Waals surface area contributed by atoms with Crippen LogP contribution in [0.4, 0.5) is 5.13 Å². The third-order valence-corrected chi connectivity index (χ3v) is 5.95. The molecule has 150 valence electrons. The molecule has 0 spiro atoms. The maximum absolute atomic E-state index is 13.1. The van der Waals surface area contributed by atoms with Crippen molar-refractivity contribution < 1.29 is 9.59 Å². The van der Waals surface area contributed by atoms with Gasteiger partial charge < -0.3 is 10.7 Å². The van der Waals surface area contributed by atoms with Gasteiger partial charge >= 0.3 is 0 Å². The van der Waals surface area contributed by atoms with Gasteiger partial charge in [0, 0.05) is 34.1 Å². The van der Waals surface area contributed by atoms with E-state index >= 15 is 0 Å². The number of carbonyl (C=O) groups excluding carboxylic acids is 2. The number of fused-ring (bicyclic) bond motifs is 1. The highest BCUT2D eigenvalue weighted by Crippen LogP contribution is 2.40. The summed E-state index contributed by atoms with van der Waals surface area (Å²) in [4.78, 5) is 36.5. The van der Waals surface area contributed by atoms with Gasteiger partial charge in [-0.15, -0.1) is 11.3 Å². The van der Waals surface area contributed by atoms with Crippen LogP contribution in [0.15, 0.2) is 41.9 Å². The summed E-state index contributed by atoms with van der Waals surface area (Å²) in [6.45, 7) is 2.00. The molecule has 3 heterocycles. The van der Waals surface area contributed by atoms with Crippen molar-refractivity contribution in [2.45, 2.75) is 25.7 Å². The van der Waals surface area contributed by atoms with Gasteiger partial charge in [0.05, 0.1) is 16.8 Å². The number of thiazole rings is 1. The van der Waals surface area contributed by atoms with Crippen molar-refractivity contribution in [3.63, 3.8) is 0 Å². The van der Waals surface area contributed by atoms with Crippen LogP contribution in [0.5, 0.6) is 0 Å². The SMILES string of the molecule is Cc1ccc2nc(C3CC3)cc(C(=O)Nc3nc(-c4c[nH]c(C(N)=O)c4)cs3)c2c1. The maximum Gasteiger partial charge on any atom is 0.265 e. The Kier molecular flexibility index (Phi) is 4.36. The predicted molar refractivity (Wildman–Crippen MR) is 117 cm³/mol. The number of carbonyl (C=O) groups is 2. The molecule has 2 amide bonds. The van der Waals surface area contributed by atoms with Crippen LogP contribution >= 0.6 is 11.3 Å². The monoisotopic (exact) mass is 417 g/mol. The van der Waals surface area contributed by atoms with Crippen molar-refractivity contribution in [1.29, 1.82) is 0 Å². The second-order valence-corrected chi connectivity index (χ2v) is 8.41. The number of aromatic amines is 1. The molecule has 1 aromatic carbocycles. The van der Waals surface area contributed by atoms with Crippen LogP contribution < -0.4 is 11.1 Å². The van der Waals surface area contributed by atoms with Gasteiger partial charge in [-0.25, -0.2) is 4.98 Å². The fourth-order valence-corrected chi connectivity index (χ4v) is 4.16. The summed E-state index contributed by atoms with van der Waals surface area (Å²) in [5.41, 5.74) is 10.5. The molecule has 0 unspecified atom stereocenters. The number of benzene rings is 1. The smallest absolute Gasteiger partial charge is 0.265 e. The number of H-pyrrole nitrogens is 1. The van der Waals surface area contributed by atoms with Crippen LogP contribution in [0, 0.1) is 6.92 Å². The van der Waals surface area contributed by atoms with E-state index in [1.807, 2.05) is 36.6 Å². The molecule has 1 aliphatic rings. The molecule has 30 heavy (non-hydrogen) atoms. The zero-order valence-corrected chi connectivity index (χ0v) is 17.0. The molecular formula is C22H19N5O2S. The second kappa shape index (κ2) is 7.07. The first-order valence-electron chi connectivity index (χ1n) is 9.65. The summed E-state index contributed by atoms with van der Waals surface area (Å²) in [5, 5.41) is 6.07. The van der Waals surface area contributed by atoms with Gasteiger partial charge in [0.2, 0.25) is 0 Å². The Bertz CT molecular complexity index is 1300. The lowest BCUT2D eigenvalue weighted by Crippen LogP contribution is -2.13. The van der Waals surface area contributed by atoms with E-state index in [1.165, 1.54) is 11.3 Å². The molecule has 4 aromatic rings. The molecule has 0 bridgehead atoms. The molecule has 4 N–H and O–H groups in total. The molecule has 1 fully saturated rings. The zero-order chi connectivity index (χ0) is 20.8. The second-order valence-electron chi connectivity index (χ2n) is 7.55. The predicted octanol–water partition coefficient (Wildman–Crippen LogP) is 4.22. The van der Waals surface area contributed by atoms with E-state index in [4.69, 9.17) is 10.7 Å². The van der Waals surface area contributed by atoms with Gasteiger partial charge in [-0.05, 0) is 44.0 Å². The number of primary amides is 1. The Labute approximate surface area is 176 Å². The Morgan fingerprint density at radius 2 is 2.03 bits per heavy atom. The van der Waals surface area contributed by atoms with Gasteiger partial charge in [0.25, 0.3) is 11.8 Å². The first-order valence-corrected chi connectivity index (χ1v) is 10.5. The van der Waals surface area contributed by atoms with Crippen LogP contribution in [0.25, 0.3) is 22.2 Å². The number of amides is 2. The lowest BCUT2D eigenvalue weighted by Gasteiger charge is -2.10. The van der Waals surface area contributed by atoms with Gasteiger partial charge in [0.1, 0.15) is 5.69 Å². The van der Waals surface area contributed by atoms with E-state index in [1.54, 1.807) is 12.3 Å². The van der Waals surface area contributed by atoms with Gasteiger partial charge in [0.15, 0.2) is 5.13 Å². The number of nitrogens with two attached hydrogens (primary N) is 1. The molecule has 0 aliphatic heterocycles. The van der Waals surface area contributed by atoms with Gasteiger partial charge in [-0.2, -0.15) is 0 Å². The first kappa shape index (κ1) is 18.5. The van der Waals surface area contributed by atoms with Gasteiger partial charge in [-0.1, -0.05) is 11.6 Å². The van der Waals surface area contributed by atoms with Crippen LogP contribution in [-0.4, -0.2) is 26.8 Å². The number of hydrogen-bond acceptors (Lipinski definition) is 5. The number of nitrogens with zero attached hydrogens (tertiary/aromatic N) is 2. The normalized spacial score (nSPS) is 13.5. The summed E-state index contributed by atoms with van der Waals surface area (Å²) in [5.74, 6) is -0.291. The highest BCUT2D eigenvalue weighted by atomic mass is 32.1. The molecule has 0 atom stereocenters. The average Bonchev–Trinajstić information content (AvgIpc) is 3.26. The number of aryl methyl sites for hydroxylation is 1. The molecule has 0 saturated heterocycles. The van der Waals surface area contributed by atoms with Crippen molar-refractivity contribution in [2.75, 3.05) is 5.32 Å². The molecular weight excluding hydrogens is 398 g/mol. The Morgan fingerprint density at radius 3 is 2.77 bits per heavy atom. The third kappa shape index (κ3) is 3.46. The Balaban J connectivity index is 1.45. The van der Waals surface area contributed by atoms with E-state index in [0.717, 1.165) is 40.6 Å². The first-order chi connectivity index (χ1) is 14.5. The van der Waals surface area contributed by atoms with Crippen LogP contribution in [0.2, 0.25) is 0 Å². The van der Waals surface area contributed by atoms with E-state index in [9.17, 15) is 9.59 Å². The molecule has 1 saturated carbocycles. The van der Waals surface area contributed by atoms with Crippen LogP contribution in [0.1, 0.15) is 50.9 Å². The number of rotatable bonds is 5. The maximum atomic E-state index is 13.1. The topological polar surface area (TPSA) is 114 Å². The minimum atomic E-state index is -0.531. The molecule has 7 nitrogen and oxygen atoms in total. The summed E-state index contributed by atoms with van der Waals surface area (Å²) in [6, 6.07) is 9.53. The van der Waals surface area contributed by atoms with E-state index in [2.05, 4.69) is 15.3 Å². The fourth-order valence-electron chi connectivity index (χ4n) is 3.45. The highest BCUT2D eigenvalue weighted by molar-refractivity contribution is 7.14. The average molecular weight is 417 g/mol. The van der Waals surface area contributed by atoms with Crippen LogP contribution in [0.3, 0.4) is 0 Å². The van der Waals surface area contributed by atoms with Crippen molar-refractivity contribution in [3.05, 3.63) is 64.4 Å². The Morgan fingerprint density at radius 1 is 1.20 bits per heavy atom. The van der Waals surface area contributed by atoms with E-state index in [0.29, 0.717) is 28.0 Å². The van der Waals surface area contributed by atoms with Crippen molar-refractivity contribution in [1.82, 2.24) is 15.0 Å². The number of nitrogens with one attached hydrogen (secondary N) is 2. The summed E-state index contributed by atoms with van der Waals surface area (Å²) < 4.78 is 0. The molecule has 8 heteroatoms. The highest BCUT2D eigenvalue weighted by Gasteiger charge is 2.27. The molecule has 0 radical (unpaired) electrons. The fraction of sp³-hybridized carbons (Fsp3) is 0.182. The number of hydrogen-bond donors (Lipinski definition) is 3. The summed E-state index contributed by atoms with van der Waals surface area (Å²) >= 11 is 1.33. The van der Waals surface area contributed by atoms with E-state index in [-0.39, 0.29) is 5.91 Å².